The fourth-order valence-corrected chi connectivity index (χ4v) is 1.23. The number of alkyl halides is 1. The standard InChI is InChI=1S/C9H15ClN4O2/c1-3-11-8(15)6(2)12-9-14-13-7(16-9)4-5-10/h6H,3-5H2,1-2H3,(H,11,15)(H,12,14). The van der Waals surface area contributed by atoms with Crippen LogP contribution in [0.25, 0.3) is 0 Å². The van der Waals surface area contributed by atoms with Crippen LogP contribution in [0.15, 0.2) is 4.42 Å². The van der Waals surface area contributed by atoms with Crippen LogP contribution in [0.5, 0.6) is 0 Å². The summed E-state index contributed by atoms with van der Waals surface area (Å²) in [5.41, 5.74) is 0. The van der Waals surface area contributed by atoms with E-state index in [1.54, 1.807) is 6.92 Å². The number of amides is 1. The molecule has 2 N–H and O–H groups in total. The highest BCUT2D eigenvalue weighted by Gasteiger charge is 2.14. The van der Waals surface area contributed by atoms with Crippen molar-refractivity contribution in [2.75, 3.05) is 17.7 Å². The molecule has 0 radical (unpaired) electrons. The number of carbonyl (C=O) groups excluding carboxylic acids is 1. The van der Waals surface area contributed by atoms with Gasteiger partial charge in [0.25, 0.3) is 0 Å². The minimum Gasteiger partial charge on any atom is -0.408 e. The molecule has 0 bridgehead atoms. The zero-order chi connectivity index (χ0) is 12.0. The minimum atomic E-state index is -0.413. The molecule has 0 aliphatic carbocycles. The fraction of sp³-hybridized carbons (Fsp3) is 0.667. The van der Waals surface area contributed by atoms with Crippen LogP contribution in [0, 0.1) is 0 Å². The number of nitrogens with one attached hydrogen (secondary N) is 2. The van der Waals surface area contributed by atoms with Crippen molar-refractivity contribution < 1.29 is 9.21 Å². The summed E-state index contributed by atoms with van der Waals surface area (Å²) in [4.78, 5) is 11.4. The number of aryl methyl sites for hydroxylation is 1. The highest BCUT2D eigenvalue weighted by molar-refractivity contribution is 6.17. The molecular weight excluding hydrogens is 232 g/mol. The summed E-state index contributed by atoms with van der Waals surface area (Å²) in [7, 11) is 0. The van der Waals surface area contributed by atoms with Gasteiger partial charge in [-0.2, -0.15) is 0 Å². The van der Waals surface area contributed by atoms with Crippen molar-refractivity contribution in [2.24, 2.45) is 0 Å². The van der Waals surface area contributed by atoms with Gasteiger partial charge < -0.3 is 15.1 Å². The van der Waals surface area contributed by atoms with Gasteiger partial charge in [-0.15, -0.1) is 16.7 Å². The molecule has 0 aliphatic heterocycles. The summed E-state index contributed by atoms with van der Waals surface area (Å²) in [5, 5.41) is 13.0. The quantitative estimate of drug-likeness (QED) is 0.726. The molecular formula is C9H15ClN4O2. The molecule has 16 heavy (non-hydrogen) atoms. The Balaban J connectivity index is 2.48. The Bertz CT molecular complexity index is 342. The molecule has 1 amide bonds. The SMILES string of the molecule is CCNC(=O)C(C)Nc1nnc(CCCl)o1. The van der Waals surface area contributed by atoms with Crippen molar-refractivity contribution in [3.8, 4) is 0 Å². The molecule has 1 aromatic heterocycles. The van der Waals surface area contributed by atoms with Crippen molar-refractivity contribution in [3.05, 3.63) is 5.89 Å². The maximum absolute atomic E-state index is 11.4. The number of rotatable bonds is 6. The second kappa shape index (κ2) is 6.32. The van der Waals surface area contributed by atoms with Gasteiger partial charge in [-0.25, -0.2) is 0 Å². The lowest BCUT2D eigenvalue weighted by molar-refractivity contribution is -0.121. The Kier molecular flexibility index (Phi) is 5.04. The Morgan fingerprint density at radius 2 is 2.31 bits per heavy atom. The molecule has 1 unspecified atom stereocenters. The van der Waals surface area contributed by atoms with Crippen LogP contribution in [0.1, 0.15) is 19.7 Å². The van der Waals surface area contributed by atoms with E-state index in [0.29, 0.717) is 24.7 Å². The van der Waals surface area contributed by atoms with Gasteiger partial charge in [0.15, 0.2) is 0 Å². The number of anilines is 1. The topological polar surface area (TPSA) is 80.0 Å². The van der Waals surface area contributed by atoms with E-state index in [4.69, 9.17) is 16.0 Å². The van der Waals surface area contributed by atoms with Gasteiger partial charge in [0.1, 0.15) is 6.04 Å². The van der Waals surface area contributed by atoms with E-state index in [1.165, 1.54) is 0 Å². The Morgan fingerprint density at radius 1 is 1.56 bits per heavy atom. The molecule has 7 heteroatoms. The Morgan fingerprint density at radius 3 is 2.94 bits per heavy atom. The molecule has 0 spiro atoms. The van der Waals surface area contributed by atoms with Gasteiger partial charge >= 0.3 is 6.01 Å². The molecule has 90 valence electrons. The van der Waals surface area contributed by atoms with Crippen molar-refractivity contribution in [1.82, 2.24) is 15.5 Å². The third-order valence-corrected chi connectivity index (χ3v) is 2.05. The first-order valence-corrected chi connectivity index (χ1v) is 5.63. The van der Waals surface area contributed by atoms with Gasteiger partial charge in [0.05, 0.1) is 0 Å². The summed E-state index contributed by atoms with van der Waals surface area (Å²) < 4.78 is 5.23. The van der Waals surface area contributed by atoms with Crippen molar-refractivity contribution in [3.63, 3.8) is 0 Å². The van der Waals surface area contributed by atoms with Gasteiger partial charge in [0, 0.05) is 18.8 Å². The highest BCUT2D eigenvalue weighted by atomic mass is 35.5. The van der Waals surface area contributed by atoms with E-state index in [-0.39, 0.29) is 11.9 Å². The number of nitrogens with zero attached hydrogens (tertiary/aromatic N) is 2. The number of halogens is 1. The number of hydrogen-bond acceptors (Lipinski definition) is 5. The summed E-state index contributed by atoms with van der Waals surface area (Å²) in [6.45, 7) is 4.17. The number of aromatic nitrogens is 2. The van der Waals surface area contributed by atoms with E-state index in [1.807, 2.05) is 6.92 Å². The average molecular weight is 247 g/mol. The van der Waals surface area contributed by atoms with Gasteiger partial charge in [-0.3, -0.25) is 4.79 Å². The molecule has 0 aromatic carbocycles. The van der Waals surface area contributed by atoms with Crippen LogP contribution < -0.4 is 10.6 Å². The Labute approximate surface area is 98.8 Å². The van der Waals surface area contributed by atoms with E-state index in [2.05, 4.69) is 20.8 Å². The minimum absolute atomic E-state index is 0.111. The normalized spacial score (nSPS) is 12.2. The largest absolute Gasteiger partial charge is 0.408 e. The third kappa shape index (κ3) is 3.69. The van der Waals surface area contributed by atoms with Crippen LogP contribution in [-0.2, 0) is 11.2 Å². The van der Waals surface area contributed by atoms with Gasteiger partial charge in [-0.1, -0.05) is 5.10 Å². The summed E-state index contributed by atoms with van der Waals surface area (Å²) in [6, 6.07) is -0.178. The summed E-state index contributed by atoms with van der Waals surface area (Å²) in [5.74, 6) is 0.772. The number of hydrogen-bond donors (Lipinski definition) is 2. The molecule has 0 aliphatic rings. The lowest BCUT2D eigenvalue weighted by Crippen LogP contribution is -2.37. The van der Waals surface area contributed by atoms with E-state index >= 15 is 0 Å². The van der Waals surface area contributed by atoms with Crippen molar-refractivity contribution >= 4 is 23.5 Å². The van der Waals surface area contributed by atoms with Crippen molar-refractivity contribution in [2.45, 2.75) is 26.3 Å². The van der Waals surface area contributed by atoms with Crippen LogP contribution in [0.4, 0.5) is 6.01 Å². The number of likely N-dealkylation sites (N-methyl/N-ethyl adjacent to an activating group) is 1. The molecule has 0 saturated carbocycles. The monoisotopic (exact) mass is 246 g/mol. The van der Waals surface area contributed by atoms with Crippen LogP contribution in [0.3, 0.4) is 0 Å². The molecule has 0 saturated heterocycles. The van der Waals surface area contributed by atoms with Crippen LogP contribution in [0.2, 0.25) is 0 Å². The molecule has 6 nitrogen and oxygen atoms in total. The smallest absolute Gasteiger partial charge is 0.316 e. The predicted octanol–water partition coefficient (Wildman–Crippen LogP) is 0.787. The van der Waals surface area contributed by atoms with Gasteiger partial charge in [0.2, 0.25) is 11.8 Å². The second-order valence-electron chi connectivity index (χ2n) is 3.20. The third-order valence-electron chi connectivity index (χ3n) is 1.86. The average Bonchev–Trinajstić information content (AvgIpc) is 2.66. The van der Waals surface area contributed by atoms with Crippen LogP contribution in [-0.4, -0.2) is 34.6 Å². The first-order valence-electron chi connectivity index (χ1n) is 5.10. The second-order valence-corrected chi connectivity index (χ2v) is 3.58. The first kappa shape index (κ1) is 12.8. The molecule has 1 aromatic rings. The molecule has 1 atom stereocenters. The summed E-state index contributed by atoms with van der Waals surface area (Å²) >= 11 is 5.53. The Hall–Kier alpha value is -1.30. The highest BCUT2D eigenvalue weighted by Crippen LogP contribution is 2.07. The maximum atomic E-state index is 11.4. The van der Waals surface area contributed by atoms with Crippen molar-refractivity contribution in [1.29, 1.82) is 0 Å². The zero-order valence-corrected chi connectivity index (χ0v) is 10.0. The fourth-order valence-electron chi connectivity index (χ4n) is 1.07. The molecule has 1 rings (SSSR count). The predicted molar refractivity (Wildman–Crippen MR) is 60.5 cm³/mol. The van der Waals surface area contributed by atoms with Crippen LogP contribution >= 0.6 is 11.6 Å². The lowest BCUT2D eigenvalue weighted by Gasteiger charge is -2.10. The maximum Gasteiger partial charge on any atom is 0.316 e. The molecule has 1 heterocycles. The van der Waals surface area contributed by atoms with E-state index in [0.717, 1.165) is 0 Å². The van der Waals surface area contributed by atoms with E-state index < -0.39 is 6.04 Å². The molecule has 0 fully saturated rings. The van der Waals surface area contributed by atoms with Gasteiger partial charge in [-0.05, 0) is 13.8 Å². The zero-order valence-electron chi connectivity index (χ0n) is 9.29. The first-order chi connectivity index (χ1) is 7.67. The lowest BCUT2D eigenvalue weighted by atomic mass is 10.3. The number of carbonyl (C=O) groups is 1. The van der Waals surface area contributed by atoms with E-state index in [9.17, 15) is 4.79 Å². The summed E-state index contributed by atoms with van der Waals surface area (Å²) in [6.07, 6.45) is 0.520.